The van der Waals surface area contributed by atoms with Gasteiger partial charge in [0, 0.05) is 0 Å². The Morgan fingerprint density at radius 2 is 1.43 bits per heavy atom. The van der Waals surface area contributed by atoms with Gasteiger partial charge in [-0.15, -0.1) is 5.54 Å². The Hall–Kier alpha value is -0.776. The van der Waals surface area contributed by atoms with Gasteiger partial charge in [-0.3, -0.25) is 4.79 Å². The van der Waals surface area contributed by atoms with E-state index in [9.17, 15) is 4.79 Å². The lowest BCUT2D eigenvalue weighted by molar-refractivity contribution is -0.107. The zero-order chi connectivity index (χ0) is 11.4. The quantitative estimate of drug-likeness (QED) is 0.491. The van der Waals surface area contributed by atoms with Gasteiger partial charge in [0.1, 0.15) is 16.1 Å². The molecule has 0 fully saturated rings. The first-order chi connectivity index (χ1) is 6.13. The molecule has 0 atom stereocenters. The molecule has 0 amide bonds. The average molecular weight is 222 g/mol. The van der Waals surface area contributed by atoms with E-state index in [1.165, 1.54) is 0 Å². The normalized spacial score (nSPS) is 10.7. The van der Waals surface area contributed by atoms with Crippen molar-refractivity contribution in [3.63, 3.8) is 0 Å². The lowest BCUT2D eigenvalue weighted by atomic mass is 10.6. The molecule has 0 bridgehead atoms. The molecule has 0 aromatic heterocycles. The van der Waals surface area contributed by atoms with Gasteiger partial charge >= 0.3 is 0 Å². The molecule has 76 valence electrons. The van der Waals surface area contributed by atoms with E-state index in [0.29, 0.717) is 0 Å². The predicted molar refractivity (Wildman–Crippen MR) is 67.3 cm³/mol. The van der Waals surface area contributed by atoms with Crippen LogP contribution in [0.4, 0.5) is 0 Å². The van der Waals surface area contributed by atoms with E-state index < -0.39 is 16.1 Å². The van der Waals surface area contributed by atoms with E-state index >= 15 is 0 Å². The van der Waals surface area contributed by atoms with Crippen molar-refractivity contribution in [3.8, 4) is 23.3 Å². The van der Waals surface area contributed by atoms with Crippen molar-refractivity contribution in [1.29, 1.82) is 0 Å². The molecule has 3 heteroatoms. The van der Waals surface area contributed by atoms with Crippen molar-refractivity contribution in [1.82, 2.24) is 0 Å². The molecule has 0 aromatic rings. The summed E-state index contributed by atoms with van der Waals surface area (Å²) >= 11 is 0. The predicted octanol–water partition coefficient (Wildman–Crippen LogP) is 2.32. The molecule has 0 rings (SSSR count). The lowest BCUT2D eigenvalue weighted by Crippen LogP contribution is -2.31. The summed E-state index contributed by atoms with van der Waals surface area (Å²) in [5, 5.41) is 0.0855. The van der Waals surface area contributed by atoms with Gasteiger partial charge in [-0.25, -0.2) is 0 Å². The fraction of sp³-hybridized carbons (Fsp3) is 0.545. The van der Waals surface area contributed by atoms with Crippen molar-refractivity contribution in [3.05, 3.63) is 0 Å². The summed E-state index contributed by atoms with van der Waals surface area (Å²) in [4.78, 5) is 11.4. The van der Waals surface area contributed by atoms with Crippen LogP contribution < -0.4 is 0 Å². The molecule has 0 aliphatic carbocycles. The highest BCUT2D eigenvalue weighted by Crippen LogP contribution is 2.00. The maximum absolute atomic E-state index is 11.4. The fourth-order valence-electron chi connectivity index (χ4n) is 0.494. The second-order valence-electron chi connectivity index (χ2n) is 5.33. The van der Waals surface area contributed by atoms with Crippen LogP contribution >= 0.6 is 0 Å². The van der Waals surface area contributed by atoms with Crippen molar-refractivity contribution < 1.29 is 4.79 Å². The molecule has 0 aliphatic rings. The first kappa shape index (κ1) is 13.2. The fourth-order valence-corrected chi connectivity index (χ4v) is 1.37. The molecule has 0 N–H and O–H groups in total. The van der Waals surface area contributed by atoms with Gasteiger partial charge in [-0.05, 0) is 17.8 Å². The van der Waals surface area contributed by atoms with Crippen molar-refractivity contribution in [2.75, 3.05) is 0 Å². The smallest absolute Gasteiger partial charge is 0.181 e. The van der Waals surface area contributed by atoms with Crippen LogP contribution in [-0.2, 0) is 4.79 Å². The average Bonchev–Trinajstić information content (AvgIpc) is 1.93. The van der Waals surface area contributed by atoms with Crippen LogP contribution in [0.25, 0.3) is 0 Å². The van der Waals surface area contributed by atoms with Crippen LogP contribution in [0.5, 0.6) is 0 Å². The largest absolute Gasteiger partial charge is 0.291 e. The Morgan fingerprint density at radius 1 is 0.929 bits per heavy atom. The minimum absolute atomic E-state index is 0.0855. The van der Waals surface area contributed by atoms with Crippen molar-refractivity contribution in [2.45, 2.75) is 39.3 Å². The zero-order valence-electron chi connectivity index (χ0n) is 9.91. The highest BCUT2D eigenvalue weighted by molar-refractivity contribution is 7.05. The standard InChI is InChI=1S/C11H18OSi2/c1-13(2,3)10-8-7-9-11(12)14(4,5)6/h1-6H3. The maximum atomic E-state index is 11.4. The summed E-state index contributed by atoms with van der Waals surface area (Å²) < 4.78 is 0. The van der Waals surface area contributed by atoms with E-state index in [2.05, 4.69) is 42.9 Å². The summed E-state index contributed by atoms with van der Waals surface area (Å²) in [6.45, 7) is 12.5. The van der Waals surface area contributed by atoms with E-state index in [1.807, 2.05) is 19.6 Å². The Labute approximate surface area is 89.3 Å². The molecule has 0 radical (unpaired) electrons. The summed E-state index contributed by atoms with van der Waals surface area (Å²) in [5.74, 6) is 8.05. The van der Waals surface area contributed by atoms with E-state index in [4.69, 9.17) is 0 Å². The van der Waals surface area contributed by atoms with Crippen molar-refractivity contribution >= 4 is 21.6 Å². The van der Waals surface area contributed by atoms with Gasteiger partial charge < -0.3 is 0 Å². The van der Waals surface area contributed by atoms with Crippen LogP contribution in [0.3, 0.4) is 0 Å². The third-order valence-electron chi connectivity index (χ3n) is 1.36. The molecular formula is C11H18OSi2. The molecule has 0 aromatic carbocycles. The maximum Gasteiger partial charge on any atom is 0.181 e. The Kier molecular flexibility index (Phi) is 4.38. The number of carbonyl (C=O) groups excluding carboxylic acids is 1. The Morgan fingerprint density at radius 3 is 1.79 bits per heavy atom. The number of carbonyl (C=O) groups is 1. The molecule has 0 saturated carbocycles. The SMILES string of the molecule is C[Si](C)(C)C#CC#CC(=O)[Si](C)(C)C. The van der Waals surface area contributed by atoms with Gasteiger partial charge in [0.2, 0.25) is 0 Å². The summed E-state index contributed by atoms with van der Waals surface area (Å²) in [6.07, 6.45) is 0. The van der Waals surface area contributed by atoms with Crippen LogP contribution in [0, 0.1) is 23.3 Å². The van der Waals surface area contributed by atoms with Crippen LogP contribution in [0.1, 0.15) is 0 Å². The number of hydrogen-bond acceptors (Lipinski definition) is 1. The molecular weight excluding hydrogens is 204 g/mol. The van der Waals surface area contributed by atoms with Gasteiger partial charge in [-0.2, -0.15) is 0 Å². The second kappa shape index (κ2) is 4.64. The molecule has 0 spiro atoms. The Bertz CT molecular complexity index is 334. The topological polar surface area (TPSA) is 17.1 Å². The van der Waals surface area contributed by atoms with Gasteiger partial charge in [-0.1, -0.05) is 39.3 Å². The third-order valence-corrected chi connectivity index (χ3v) is 3.72. The molecule has 0 heterocycles. The molecule has 0 unspecified atom stereocenters. The zero-order valence-corrected chi connectivity index (χ0v) is 11.9. The highest BCUT2D eigenvalue weighted by Gasteiger charge is 2.21. The van der Waals surface area contributed by atoms with Gasteiger partial charge in [0.05, 0.1) is 0 Å². The second-order valence-corrected chi connectivity index (χ2v) is 15.0. The van der Waals surface area contributed by atoms with Gasteiger partial charge in [0.15, 0.2) is 5.41 Å². The molecule has 14 heavy (non-hydrogen) atoms. The molecule has 0 aliphatic heterocycles. The Balaban J connectivity index is 4.48. The van der Waals surface area contributed by atoms with Crippen molar-refractivity contribution in [2.24, 2.45) is 0 Å². The lowest BCUT2D eigenvalue weighted by Gasteiger charge is -2.06. The van der Waals surface area contributed by atoms with Crippen LogP contribution in [0.2, 0.25) is 39.3 Å². The number of rotatable bonds is 1. The minimum Gasteiger partial charge on any atom is -0.291 e. The number of hydrogen-bond donors (Lipinski definition) is 0. The summed E-state index contributed by atoms with van der Waals surface area (Å²) in [7, 11) is -3.06. The summed E-state index contributed by atoms with van der Waals surface area (Å²) in [5.41, 5.74) is 3.11. The first-order valence-electron chi connectivity index (χ1n) is 4.70. The van der Waals surface area contributed by atoms with Crippen LogP contribution in [0.15, 0.2) is 0 Å². The van der Waals surface area contributed by atoms with E-state index in [0.717, 1.165) is 0 Å². The van der Waals surface area contributed by atoms with E-state index in [1.54, 1.807) is 0 Å². The molecule has 1 nitrogen and oxygen atoms in total. The van der Waals surface area contributed by atoms with E-state index in [-0.39, 0.29) is 5.41 Å². The van der Waals surface area contributed by atoms with Crippen LogP contribution in [-0.4, -0.2) is 21.6 Å². The first-order valence-corrected chi connectivity index (χ1v) is 11.7. The highest BCUT2D eigenvalue weighted by atomic mass is 28.3. The van der Waals surface area contributed by atoms with Gasteiger partial charge in [0.25, 0.3) is 0 Å². The third kappa shape index (κ3) is 6.71. The monoisotopic (exact) mass is 222 g/mol. The minimum atomic E-state index is -1.73. The summed E-state index contributed by atoms with van der Waals surface area (Å²) in [6, 6.07) is 0. The molecule has 0 saturated heterocycles.